The maximum Gasteiger partial charge on any atom is 0.0908 e. The zero-order valence-electron chi connectivity index (χ0n) is 9.76. The molecular formula is C10H21Cl2NO4. The molecule has 2 atom stereocenters. The summed E-state index contributed by atoms with van der Waals surface area (Å²) in [7, 11) is 0. The lowest BCUT2D eigenvalue weighted by molar-refractivity contribution is 0.0280. The zero-order valence-corrected chi connectivity index (χ0v) is 11.3. The Morgan fingerprint density at radius 3 is 2.24 bits per heavy atom. The highest BCUT2D eigenvalue weighted by molar-refractivity contribution is 6.18. The quantitative estimate of drug-likeness (QED) is 0.353. The minimum atomic E-state index is -0.656. The summed E-state index contributed by atoms with van der Waals surface area (Å²) >= 11 is 10.9. The number of hydrogen-bond donors (Lipinski definition) is 3. The molecule has 0 bridgehead atoms. The first kappa shape index (κ1) is 17.4. The number of hydrogen-bond acceptors (Lipinski definition) is 5. The van der Waals surface area contributed by atoms with Gasteiger partial charge in [0.2, 0.25) is 0 Å². The summed E-state index contributed by atoms with van der Waals surface area (Å²) in [6, 6.07) is 0. The summed E-state index contributed by atoms with van der Waals surface area (Å²) in [5.41, 5.74) is 0. The maximum absolute atomic E-state index is 9.38. The van der Waals surface area contributed by atoms with E-state index in [1.54, 1.807) is 0 Å². The van der Waals surface area contributed by atoms with E-state index >= 15 is 0 Å². The Hall–Kier alpha value is 0.380. The summed E-state index contributed by atoms with van der Waals surface area (Å²) < 4.78 is 5.21. The highest BCUT2D eigenvalue weighted by atomic mass is 35.5. The number of aliphatic hydroxyl groups is 3. The first-order chi connectivity index (χ1) is 8.13. The van der Waals surface area contributed by atoms with Gasteiger partial charge in [-0.15, -0.1) is 23.2 Å². The molecule has 0 saturated heterocycles. The van der Waals surface area contributed by atoms with Gasteiger partial charge < -0.3 is 20.1 Å². The topological polar surface area (TPSA) is 73.2 Å². The minimum Gasteiger partial charge on any atom is -0.395 e. The van der Waals surface area contributed by atoms with Gasteiger partial charge in [-0.05, 0) is 0 Å². The first-order valence-electron chi connectivity index (χ1n) is 5.53. The van der Waals surface area contributed by atoms with Crippen LogP contribution in [0.1, 0.15) is 0 Å². The Morgan fingerprint density at radius 1 is 1.06 bits per heavy atom. The lowest BCUT2D eigenvalue weighted by Crippen LogP contribution is -2.38. The summed E-state index contributed by atoms with van der Waals surface area (Å²) in [4.78, 5) is 1.85. The van der Waals surface area contributed by atoms with Crippen molar-refractivity contribution in [3.8, 4) is 0 Å². The average molecular weight is 290 g/mol. The van der Waals surface area contributed by atoms with Crippen molar-refractivity contribution in [2.45, 2.75) is 12.2 Å². The van der Waals surface area contributed by atoms with Crippen molar-refractivity contribution in [3.05, 3.63) is 0 Å². The molecule has 0 aromatic rings. The summed E-state index contributed by atoms with van der Waals surface area (Å²) in [5, 5.41) is 27.4. The molecule has 104 valence electrons. The first-order valence-corrected chi connectivity index (χ1v) is 6.60. The van der Waals surface area contributed by atoms with Gasteiger partial charge in [0, 0.05) is 25.5 Å². The van der Waals surface area contributed by atoms with Crippen LogP contribution in [0, 0.1) is 0 Å². The molecule has 0 aliphatic heterocycles. The molecule has 0 aromatic heterocycles. The second-order valence-corrected chi connectivity index (χ2v) is 4.33. The highest BCUT2D eigenvalue weighted by Crippen LogP contribution is 1.96. The van der Waals surface area contributed by atoms with Crippen molar-refractivity contribution in [1.29, 1.82) is 0 Å². The second kappa shape index (κ2) is 11.5. The normalized spacial score (nSPS) is 15.2. The second-order valence-electron chi connectivity index (χ2n) is 3.72. The molecule has 2 unspecified atom stereocenters. The van der Waals surface area contributed by atoms with Crippen LogP contribution in [0.4, 0.5) is 0 Å². The van der Waals surface area contributed by atoms with Crippen LogP contribution in [0.5, 0.6) is 0 Å². The Morgan fingerprint density at radius 2 is 1.71 bits per heavy atom. The van der Waals surface area contributed by atoms with Crippen LogP contribution >= 0.6 is 23.2 Å². The van der Waals surface area contributed by atoms with Crippen molar-refractivity contribution < 1.29 is 20.1 Å². The average Bonchev–Trinajstić information content (AvgIpc) is 2.34. The van der Waals surface area contributed by atoms with Crippen LogP contribution in [0.2, 0.25) is 0 Å². The summed E-state index contributed by atoms with van der Waals surface area (Å²) in [6.45, 7) is 2.02. The van der Waals surface area contributed by atoms with E-state index < -0.39 is 12.2 Å². The van der Waals surface area contributed by atoms with Gasteiger partial charge in [0.15, 0.2) is 0 Å². The van der Waals surface area contributed by atoms with Crippen LogP contribution in [0.25, 0.3) is 0 Å². The Kier molecular flexibility index (Phi) is 11.7. The van der Waals surface area contributed by atoms with Crippen LogP contribution in [-0.2, 0) is 4.74 Å². The fraction of sp³-hybridized carbons (Fsp3) is 1.00. The number of alkyl halides is 2. The Bertz CT molecular complexity index is 176. The van der Waals surface area contributed by atoms with E-state index in [0.717, 1.165) is 0 Å². The van der Waals surface area contributed by atoms with Gasteiger partial charge >= 0.3 is 0 Å². The standard InChI is InChI=1S/C10H21Cl2NO4/c11-5-9(15)7-13(1-3-14)2-4-17-8-10(16)6-12/h9-10,14-16H,1-8H2. The highest BCUT2D eigenvalue weighted by Gasteiger charge is 2.10. The molecule has 0 heterocycles. The van der Waals surface area contributed by atoms with Crippen molar-refractivity contribution in [2.24, 2.45) is 0 Å². The van der Waals surface area contributed by atoms with Crippen LogP contribution in [-0.4, -0.2) is 83.6 Å². The lowest BCUT2D eigenvalue weighted by Gasteiger charge is -2.23. The van der Waals surface area contributed by atoms with E-state index in [2.05, 4.69) is 0 Å². The SMILES string of the molecule is OCCN(CCOCC(O)CCl)CC(O)CCl. The third-order valence-electron chi connectivity index (χ3n) is 2.10. The Balaban J connectivity index is 3.69. The molecule has 0 radical (unpaired) electrons. The van der Waals surface area contributed by atoms with E-state index in [1.165, 1.54) is 0 Å². The van der Waals surface area contributed by atoms with E-state index in [9.17, 15) is 5.11 Å². The van der Waals surface area contributed by atoms with Crippen LogP contribution < -0.4 is 0 Å². The molecule has 0 rings (SSSR count). The molecule has 0 saturated carbocycles. The van der Waals surface area contributed by atoms with Crippen molar-refractivity contribution in [1.82, 2.24) is 4.90 Å². The lowest BCUT2D eigenvalue weighted by atomic mass is 10.3. The van der Waals surface area contributed by atoms with E-state index in [-0.39, 0.29) is 25.0 Å². The molecule has 0 aliphatic rings. The van der Waals surface area contributed by atoms with Crippen LogP contribution in [0.15, 0.2) is 0 Å². The number of ether oxygens (including phenoxy) is 1. The summed E-state index contributed by atoms with van der Waals surface area (Å²) in [5.74, 6) is 0.305. The van der Waals surface area contributed by atoms with Crippen molar-refractivity contribution in [3.63, 3.8) is 0 Å². The predicted octanol–water partition coefficient (Wildman–Crippen LogP) is -0.503. The number of rotatable bonds is 11. The predicted molar refractivity (Wildman–Crippen MR) is 67.8 cm³/mol. The molecule has 17 heavy (non-hydrogen) atoms. The fourth-order valence-corrected chi connectivity index (χ4v) is 1.43. The van der Waals surface area contributed by atoms with E-state index in [1.807, 2.05) is 4.90 Å². The van der Waals surface area contributed by atoms with Crippen LogP contribution in [0.3, 0.4) is 0 Å². The monoisotopic (exact) mass is 289 g/mol. The molecule has 0 aromatic carbocycles. The number of aliphatic hydroxyl groups excluding tert-OH is 3. The van der Waals surface area contributed by atoms with Gasteiger partial charge in [-0.25, -0.2) is 0 Å². The molecule has 0 fully saturated rings. The van der Waals surface area contributed by atoms with Gasteiger partial charge in [-0.3, -0.25) is 4.90 Å². The Labute approximate surface area is 112 Å². The van der Waals surface area contributed by atoms with Gasteiger partial charge in [-0.1, -0.05) is 0 Å². The van der Waals surface area contributed by atoms with E-state index in [0.29, 0.717) is 26.2 Å². The molecule has 0 spiro atoms. The molecule has 7 heteroatoms. The number of nitrogens with zero attached hydrogens (tertiary/aromatic N) is 1. The van der Waals surface area contributed by atoms with Crippen molar-refractivity contribution in [2.75, 3.05) is 51.2 Å². The molecule has 5 nitrogen and oxygen atoms in total. The largest absolute Gasteiger partial charge is 0.395 e. The molecule has 0 amide bonds. The third kappa shape index (κ3) is 10.0. The molecule has 3 N–H and O–H groups in total. The van der Waals surface area contributed by atoms with Gasteiger partial charge in [0.1, 0.15) is 0 Å². The van der Waals surface area contributed by atoms with Crippen molar-refractivity contribution >= 4 is 23.2 Å². The summed E-state index contributed by atoms with van der Waals surface area (Å²) in [6.07, 6.45) is -1.27. The molecule has 0 aliphatic carbocycles. The molecular weight excluding hydrogens is 269 g/mol. The maximum atomic E-state index is 9.38. The fourth-order valence-electron chi connectivity index (χ4n) is 1.24. The zero-order chi connectivity index (χ0) is 13.1. The smallest absolute Gasteiger partial charge is 0.0908 e. The van der Waals surface area contributed by atoms with Gasteiger partial charge in [0.25, 0.3) is 0 Å². The van der Waals surface area contributed by atoms with Gasteiger partial charge in [0.05, 0.1) is 37.9 Å². The minimum absolute atomic E-state index is 0.0132. The van der Waals surface area contributed by atoms with E-state index in [4.69, 9.17) is 38.2 Å². The van der Waals surface area contributed by atoms with Gasteiger partial charge in [-0.2, -0.15) is 0 Å². The number of halogens is 2. The third-order valence-corrected chi connectivity index (χ3v) is 2.82.